The molecule has 5 nitrogen and oxygen atoms in total. The Morgan fingerprint density at radius 2 is 2.30 bits per heavy atom. The number of hydrogen-bond acceptors (Lipinski definition) is 5. The van der Waals surface area contributed by atoms with Crippen molar-refractivity contribution >= 4 is 11.5 Å². The third kappa shape index (κ3) is 3.76. The van der Waals surface area contributed by atoms with Gasteiger partial charge < -0.3 is 20.1 Å². The van der Waals surface area contributed by atoms with Crippen LogP contribution >= 0.6 is 0 Å². The van der Waals surface area contributed by atoms with E-state index in [4.69, 9.17) is 15.2 Å². The third-order valence-corrected chi connectivity index (χ3v) is 3.56. The van der Waals surface area contributed by atoms with Crippen molar-refractivity contribution in [3.8, 4) is 5.88 Å². The Morgan fingerprint density at radius 3 is 3.05 bits per heavy atom. The summed E-state index contributed by atoms with van der Waals surface area (Å²) in [6.07, 6.45) is 3.34. The lowest BCUT2D eigenvalue weighted by atomic mass is 9.99. The van der Waals surface area contributed by atoms with Crippen LogP contribution in [0.2, 0.25) is 0 Å². The van der Waals surface area contributed by atoms with E-state index in [9.17, 15) is 0 Å². The minimum absolute atomic E-state index is 0.554. The Kier molecular flexibility index (Phi) is 5.47. The molecule has 1 aromatic rings. The van der Waals surface area contributed by atoms with Gasteiger partial charge in [0.05, 0.1) is 18.9 Å². The summed E-state index contributed by atoms with van der Waals surface area (Å²) in [6.45, 7) is 5.54. The number of nitrogens with two attached hydrogens (primary N) is 1. The fraction of sp³-hybridized carbons (Fsp3) is 0.667. The quantitative estimate of drug-likeness (QED) is 0.866. The lowest BCUT2D eigenvalue weighted by Crippen LogP contribution is -2.37. The fourth-order valence-corrected chi connectivity index (χ4v) is 2.58. The van der Waals surface area contributed by atoms with Gasteiger partial charge in [-0.2, -0.15) is 4.98 Å². The number of rotatable bonds is 6. The molecule has 1 saturated heterocycles. The van der Waals surface area contributed by atoms with E-state index >= 15 is 0 Å². The molecule has 0 saturated carbocycles. The summed E-state index contributed by atoms with van der Waals surface area (Å²) in [7, 11) is 1.76. The van der Waals surface area contributed by atoms with Gasteiger partial charge in [-0.1, -0.05) is 6.92 Å². The Bertz CT molecular complexity index is 424. The highest BCUT2D eigenvalue weighted by Gasteiger charge is 2.21. The molecule has 2 heterocycles. The van der Waals surface area contributed by atoms with Crippen molar-refractivity contribution in [2.75, 3.05) is 44.0 Å². The smallest absolute Gasteiger partial charge is 0.239 e. The van der Waals surface area contributed by atoms with E-state index in [2.05, 4.69) is 16.8 Å². The maximum atomic E-state index is 5.91. The number of aromatic nitrogens is 1. The van der Waals surface area contributed by atoms with Crippen LogP contribution < -0.4 is 15.4 Å². The largest absolute Gasteiger partial charge is 0.476 e. The van der Waals surface area contributed by atoms with Gasteiger partial charge in [-0.25, -0.2) is 0 Å². The summed E-state index contributed by atoms with van der Waals surface area (Å²) in [5.74, 6) is 2.08. The third-order valence-electron chi connectivity index (χ3n) is 3.56. The number of methoxy groups -OCH3 is 1. The molecule has 0 bridgehead atoms. The minimum Gasteiger partial charge on any atom is -0.476 e. The van der Waals surface area contributed by atoms with Gasteiger partial charge in [-0.15, -0.1) is 0 Å². The Morgan fingerprint density at radius 1 is 1.45 bits per heavy atom. The zero-order chi connectivity index (χ0) is 14.4. The predicted octanol–water partition coefficient (Wildman–Crippen LogP) is 2.32. The monoisotopic (exact) mass is 279 g/mol. The maximum absolute atomic E-state index is 5.91. The second kappa shape index (κ2) is 7.33. The van der Waals surface area contributed by atoms with Gasteiger partial charge in [0.25, 0.3) is 0 Å². The van der Waals surface area contributed by atoms with Crippen LogP contribution in [0.3, 0.4) is 0 Å². The molecule has 0 spiro atoms. The first-order valence-electron chi connectivity index (χ1n) is 7.37. The van der Waals surface area contributed by atoms with E-state index < -0.39 is 0 Å². The predicted molar refractivity (Wildman–Crippen MR) is 81.2 cm³/mol. The number of pyridine rings is 1. The standard InChI is InChI=1S/C15H25N3O2/c1-3-9-20-15-13(16)6-7-14(17-15)18-8-4-5-12(10-18)11-19-2/h6-7,12H,3-5,8-11,16H2,1-2H3. The van der Waals surface area contributed by atoms with E-state index in [1.807, 2.05) is 12.1 Å². The number of anilines is 2. The lowest BCUT2D eigenvalue weighted by Gasteiger charge is -2.33. The first-order valence-corrected chi connectivity index (χ1v) is 7.37. The molecule has 0 aromatic carbocycles. The van der Waals surface area contributed by atoms with E-state index in [0.29, 0.717) is 24.1 Å². The van der Waals surface area contributed by atoms with Crippen LogP contribution in [0.15, 0.2) is 12.1 Å². The Balaban J connectivity index is 2.07. The molecule has 2 N–H and O–H groups in total. The zero-order valence-electron chi connectivity index (χ0n) is 12.5. The SMILES string of the molecule is CCCOc1nc(N2CCCC(COC)C2)ccc1N. The number of nitrogen functional groups attached to an aromatic ring is 1. The lowest BCUT2D eigenvalue weighted by molar-refractivity contribution is 0.143. The van der Waals surface area contributed by atoms with Crippen molar-refractivity contribution in [3.05, 3.63) is 12.1 Å². The second-order valence-electron chi connectivity index (χ2n) is 5.32. The van der Waals surface area contributed by atoms with Gasteiger partial charge in [-0.3, -0.25) is 0 Å². The fourth-order valence-electron chi connectivity index (χ4n) is 2.58. The van der Waals surface area contributed by atoms with Crippen molar-refractivity contribution in [2.45, 2.75) is 26.2 Å². The van der Waals surface area contributed by atoms with Crippen molar-refractivity contribution in [1.82, 2.24) is 4.98 Å². The van der Waals surface area contributed by atoms with E-state index in [1.165, 1.54) is 12.8 Å². The highest BCUT2D eigenvalue weighted by atomic mass is 16.5. The van der Waals surface area contributed by atoms with Crippen molar-refractivity contribution in [1.29, 1.82) is 0 Å². The van der Waals surface area contributed by atoms with Crippen LogP contribution in [-0.2, 0) is 4.74 Å². The van der Waals surface area contributed by atoms with Crippen molar-refractivity contribution < 1.29 is 9.47 Å². The molecule has 112 valence electrons. The Labute approximate surface area is 121 Å². The average Bonchev–Trinajstić information content (AvgIpc) is 2.47. The molecule has 1 fully saturated rings. The van der Waals surface area contributed by atoms with Crippen LogP contribution in [0, 0.1) is 5.92 Å². The van der Waals surface area contributed by atoms with Gasteiger partial charge in [0.2, 0.25) is 5.88 Å². The highest BCUT2D eigenvalue weighted by molar-refractivity contribution is 5.54. The molecule has 1 atom stereocenters. The first kappa shape index (κ1) is 14.9. The first-order chi connectivity index (χ1) is 9.74. The summed E-state index contributed by atoms with van der Waals surface area (Å²) >= 11 is 0. The molecule has 1 aliphatic rings. The number of hydrogen-bond donors (Lipinski definition) is 1. The molecular formula is C15H25N3O2. The summed E-state index contributed by atoms with van der Waals surface area (Å²) in [5.41, 5.74) is 6.51. The Hall–Kier alpha value is -1.49. The molecule has 0 aliphatic carbocycles. The van der Waals surface area contributed by atoms with Gasteiger partial charge >= 0.3 is 0 Å². The van der Waals surface area contributed by atoms with Gasteiger partial charge in [0.15, 0.2) is 0 Å². The molecule has 0 radical (unpaired) electrons. The van der Waals surface area contributed by atoms with Crippen molar-refractivity contribution in [3.63, 3.8) is 0 Å². The summed E-state index contributed by atoms with van der Waals surface area (Å²) in [6, 6.07) is 3.86. The van der Waals surface area contributed by atoms with Crippen molar-refractivity contribution in [2.24, 2.45) is 5.92 Å². The van der Waals surface area contributed by atoms with E-state index in [-0.39, 0.29) is 0 Å². The highest BCUT2D eigenvalue weighted by Crippen LogP contribution is 2.26. The van der Waals surface area contributed by atoms with Crippen LogP contribution in [0.25, 0.3) is 0 Å². The van der Waals surface area contributed by atoms with Crippen LogP contribution in [-0.4, -0.2) is 38.4 Å². The molecule has 1 aliphatic heterocycles. The van der Waals surface area contributed by atoms with Crippen LogP contribution in [0.4, 0.5) is 11.5 Å². The van der Waals surface area contributed by atoms with Crippen LogP contribution in [0.5, 0.6) is 5.88 Å². The van der Waals surface area contributed by atoms with Gasteiger partial charge in [-0.05, 0) is 37.3 Å². The summed E-state index contributed by atoms with van der Waals surface area (Å²) in [5, 5.41) is 0. The minimum atomic E-state index is 0.554. The molecule has 2 rings (SSSR count). The number of nitrogens with zero attached hydrogens (tertiary/aromatic N) is 2. The van der Waals surface area contributed by atoms with E-state index in [1.54, 1.807) is 7.11 Å². The van der Waals surface area contributed by atoms with Crippen LogP contribution in [0.1, 0.15) is 26.2 Å². The molecule has 1 aromatic heterocycles. The normalized spacial score (nSPS) is 19.1. The molecule has 1 unspecified atom stereocenters. The summed E-state index contributed by atoms with van der Waals surface area (Å²) < 4.78 is 10.9. The topological polar surface area (TPSA) is 60.6 Å². The molecule has 20 heavy (non-hydrogen) atoms. The average molecular weight is 279 g/mol. The van der Waals surface area contributed by atoms with Gasteiger partial charge in [0, 0.05) is 20.2 Å². The molecular weight excluding hydrogens is 254 g/mol. The zero-order valence-corrected chi connectivity index (χ0v) is 12.5. The molecule has 0 amide bonds. The number of ether oxygens (including phenoxy) is 2. The van der Waals surface area contributed by atoms with Gasteiger partial charge in [0.1, 0.15) is 5.82 Å². The van der Waals surface area contributed by atoms with E-state index in [0.717, 1.165) is 31.9 Å². The number of piperidine rings is 1. The summed E-state index contributed by atoms with van der Waals surface area (Å²) in [4.78, 5) is 6.86. The molecule has 5 heteroatoms. The maximum Gasteiger partial charge on any atom is 0.239 e. The second-order valence-corrected chi connectivity index (χ2v) is 5.32.